The highest BCUT2D eigenvalue weighted by atomic mass is 32.2. The van der Waals surface area contributed by atoms with Crippen LogP contribution in [0.4, 0.5) is 10.5 Å². The minimum Gasteiger partial charge on any atom is -0.337 e. The zero-order valence-corrected chi connectivity index (χ0v) is 14.9. The van der Waals surface area contributed by atoms with E-state index in [1.807, 2.05) is 0 Å². The molecule has 4 N–H and O–H groups in total. The second kappa shape index (κ2) is 8.28. The SMILES string of the molecule is CC(C)N(CCNC(=O)Nc1ccc(S(N)(=O)=O)cc1)C(C)C. The van der Waals surface area contributed by atoms with E-state index in [9.17, 15) is 13.2 Å². The Hall–Kier alpha value is -1.64. The lowest BCUT2D eigenvalue weighted by atomic mass is 10.2. The molecule has 0 aliphatic heterocycles. The average Bonchev–Trinajstić information content (AvgIpc) is 2.42. The lowest BCUT2D eigenvalue weighted by Crippen LogP contribution is -2.43. The summed E-state index contributed by atoms with van der Waals surface area (Å²) >= 11 is 0. The molecule has 8 heteroatoms. The molecule has 0 aliphatic carbocycles. The number of primary sulfonamides is 1. The molecule has 0 radical (unpaired) electrons. The Kier molecular flexibility index (Phi) is 6.99. The number of nitrogens with zero attached hydrogens (tertiary/aromatic N) is 1. The largest absolute Gasteiger partial charge is 0.337 e. The molecule has 1 aromatic rings. The number of hydrogen-bond acceptors (Lipinski definition) is 4. The van der Waals surface area contributed by atoms with Gasteiger partial charge in [0.05, 0.1) is 4.90 Å². The number of rotatable bonds is 7. The van der Waals surface area contributed by atoms with Crippen LogP contribution in [0.5, 0.6) is 0 Å². The molecule has 0 bridgehead atoms. The lowest BCUT2D eigenvalue weighted by Gasteiger charge is -2.30. The van der Waals surface area contributed by atoms with Crippen LogP contribution in [0.15, 0.2) is 29.2 Å². The van der Waals surface area contributed by atoms with Crippen LogP contribution < -0.4 is 15.8 Å². The summed E-state index contributed by atoms with van der Waals surface area (Å²) in [6, 6.07) is 6.17. The van der Waals surface area contributed by atoms with E-state index in [1.165, 1.54) is 24.3 Å². The Morgan fingerprint density at radius 2 is 1.65 bits per heavy atom. The highest BCUT2D eigenvalue weighted by molar-refractivity contribution is 7.89. The molecular weight excluding hydrogens is 316 g/mol. The van der Waals surface area contributed by atoms with E-state index in [4.69, 9.17) is 5.14 Å². The van der Waals surface area contributed by atoms with Gasteiger partial charge in [0.2, 0.25) is 10.0 Å². The predicted octanol–water partition coefficient (Wildman–Crippen LogP) is 1.57. The van der Waals surface area contributed by atoms with Crippen LogP contribution in [-0.4, -0.2) is 44.5 Å². The Morgan fingerprint density at radius 3 is 2.09 bits per heavy atom. The number of sulfonamides is 1. The first-order valence-corrected chi connectivity index (χ1v) is 9.09. The maximum Gasteiger partial charge on any atom is 0.319 e. The molecule has 0 saturated carbocycles. The average molecular weight is 342 g/mol. The summed E-state index contributed by atoms with van der Waals surface area (Å²) in [7, 11) is -3.72. The molecule has 0 atom stereocenters. The molecule has 0 fully saturated rings. The molecule has 1 rings (SSSR count). The van der Waals surface area contributed by atoms with Gasteiger partial charge in [-0.05, 0) is 52.0 Å². The molecule has 0 unspecified atom stereocenters. The van der Waals surface area contributed by atoms with Crippen molar-refractivity contribution in [2.75, 3.05) is 18.4 Å². The van der Waals surface area contributed by atoms with Crippen LogP contribution in [-0.2, 0) is 10.0 Å². The summed E-state index contributed by atoms with van der Waals surface area (Å²) in [5.41, 5.74) is 0.500. The van der Waals surface area contributed by atoms with Crippen molar-refractivity contribution in [3.05, 3.63) is 24.3 Å². The number of hydrogen-bond donors (Lipinski definition) is 3. The van der Waals surface area contributed by atoms with Crippen molar-refractivity contribution in [1.29, 1.82) is 0 Å². The van der Waals surface area contributed by atoms with Gasteiger partial charge in [-0.25, -0.2) is 18.4 Å². The van der Waals surface area contributed by atoms with E-state index >= 15 is 0 Å². The maximum absolute atomic E-state index is 11.8. The van der Waals surface area contributed by atoms with Crippen LogP contribution in [0.2, 0.25) is 0 Å². The number of amides is 2. The van der Waals surface area contributed by atoms with Crippen molar-refractivity contribution in [3.63, 3.8) is 0 Å². The minimum atomic E-state index is -3.72. The molecule has 0 aliphatic rings. The molecule has 130 valence electrons. The lowest BCUT2D eigenvalue weighted by molar-refractivity contribution is 0.176. The van der Waals surface area contributed by atoms with Gasteiger partial charge in [-0.2, -0.15) is 0 Å². The summed E-state index contributed by atoms with van der Waals surface area (Å²) < 4.78 is 22.3. The second-order valence-corrected chi connectivity index (χ2v) is 7.44. The summed E-state index contributed by atoms with van der Waals surface area (Å²) in [5, 5.41) is 10.4. The molecule has 1 aromatic carbocycles. The Balaban J connectivity index is 2.48. The zero-order valence-electron chi connectivity index (χ0n) is 14.0. The van der Waals surface area contributed by atoms with Gasteiger partial charge in [-0.15, -0.1) is 0 Å². The number of benzene rings is 1. The number of carbonyl (C=O) groups excluding carboxylic acids is 1. The first-order chi connectivity index (χ1) is 10.6. The van der Waals surface area contributed by atoms with Gasteiger partial charge < -0.3 is 10.6 Å². The first-order valence-electron chi connectivity index (χ1n) is 7.54. The van der Waals surface area contributed by atoms with E-state index in [0.717, 1.165) is 6.54 Å². The van der Waals surface area contributed by atoms with Gasteiger partial charge in [0.15, 0.2) is 0 Å². The smallest absolute Gasteiger partial charge is 0.319 e. The number of nitrogens with two attached hydrogens (primary N) is 1. The second-order valence-electron chi connectivity index (χ2n) is 5.88. The maximum atomic E-state index is 11.8. The molecule has 7 nitrogen and oxygen atoms in total. The monoisotopic (exact) mass is 342 g/mol. The molecule has 2 amide bonds. The van der Waals surface area contributed by atoms with Crippen LogP contribution >= 0.6 is 0 Å². The standard InChI is InChI=1S/C15H26N4O3S/c1-11(2)19(12(3)4)10-9-17-15(20)18-13-5-7-14(8-6-13)23(16,21)22/h5-8,11-12H,9-10H2,1-4H3,(H2,16,21,22)(H2,17,18,20). The van der Waals surface area contributed by atoms with Crippen LogP contribution in [0.1, 0.15) is 27.7 Å². The molecular formula is C15H26N4O3S. The van der Waals surface area contributed by atoms with Gasteiger partial charge in [0, 0.05) is 30.9 Å². The van der Waals surface area contributed by atoms with Crippen molar-refractivity contribution in [3.8, 4) is 0 Å². The number of anilines is 1. The Morgan fingerprint density at radius 1 is 1.13 bits per heavy atom. The summed E-state index contributed by atoms with van der Waals surface area (Å²) in [5.74, 6) is 0. The van der Waals surface area contributed by atoms with Crippen molar-refractivity contribution in [2.45, 2.75) is 44.7 Å². The van der Waals surface area contributed by atoms with Gasteiger partial charge >= 0.3 is 6.03 Å². The quantitative estimate of drug-likeness (QED) is 0.699. The van der Waals surface area contributed by atoms with Crippen molar-refractivity contribution >= 4 is 21.7 Å². The summed E-state index contributed by atoms with van der Waals surface area (Å²) in [4.78, 5) is 14.1. The van der Waals surface area contributed by atoms with Gasteiger partial charge in [0.1, 0.15) is 0 Å². The van der Waals surface area contributed by atoms with Gasteiger partial charge in [-0.1, -0.05) is 0 Å². The van der Waals surface area contributed by atoms with Gasteiger partial charge in [0.25, 0.3) is 0 Å². The fourth-order valence-corrected chi connectivity index (χ4v) is 2.83. The van der Waals surface area contributed by atoms with E-state index in [2.05, 4.69) is 43.2 Å². The number of carbonyl (C=O) groups is 1. The fraction of sp³-hybridized carbons (Fsp3) is 0.533. The number of urea groups is 1. The van der Waals surface area contributed by atoms with Crippen molar-refractivity contribution in [2.24, 2.45) is 5.14 Å². The first kappa shape index (κ1) is 19.4. The topological polar surface area (TPSA) is 105 Å². The third kappa shape index (κ3) is 6.55. The molecule has 0 saturated heterocycles. The molecule has 23 heavy (non-hydrogen) atoms. The molecule has 0 aromatic heterocycles. The Bertz CT molecular complexity index is 604. The third-order valence-electron chi connectivity index (χ3n) is 3.42. The van der Waals surface area contributed by atoms with E-state index in [0.29, 0.717) is 24.3 Å². The van der Waals surface area contributed by atoms with Crippen molar-refractivity contribution < 1.29 is 13.2 Å². The van der Waals surface area contributed by atoms with E-state index in [1.54, 1.807) is 0 Å². The van der Waals surface area contributed by atoms with Crippen LogP contribution in [0.25, 0.3) is 0 Å². The predicted molar refractivity (Wildman–Crippen MR) is 91.8 cm³/mol. The third-order valence-corrected chi connectivity index (χ3v) is 4.35. The summed E-state index contributed by atoms with van der Waals surface area (Å²) in [6.07, 6.45) is 0. The molecule has 0 spiro atoms. The van der Waals surface area contributed by atoms with Crippen LogP contribution in [0.3, 0.4) is 0 Å². The Labute approximate surface area is 138 Å². The fourth-order valence-electron chi connectivity index (χ4n) is 2.31. The van der Waals surface area contributed by atoms with Crippen molar-refractivity contribution in [1.82, 2.24) is 10.2 Å². The normalized spacial score (nSPS) is 12.0. The highest BCUT2D eigenvalue weighted by Crippen LogP contribution is 2.12. The zero-order chi connectivity index (χ0) is 17.6. The molecule has 0 heterocycles. The summed E-state index contributed by atoms with van der Waals surface area (Å²) in [6.45, 7) is 9.76. The van der Waals surface area contributed by atoms with Crippen LogP contribution in [0, 0.1) is 0 Å². The highest BCUT2D eigenvalue weighted by Gasteiger charge is 2.13. The van der Waals surface area contributed by atoms with Gasteiger partial charge in [-0.3, -0.25) is 4.90 Å². The minimum absolute atomic E-state index is 0.00738. The van der Waals surface area contributed by atoms with E-state index < -0.39 is 10.0 Å². The van der Waals surface area contributed by atoms with E-state index in [-0.39, 0.29) is 10.9 Å². The number of nitrogens with one attached hydrogen (secondary N) is 2.